The Balaban J connectivity index is 1.14. The quantitative estimate of drug-likeness (QED) is 0.478. The molecule has 1 aromatic carbocycles. The van der Waals surface area contributed by atoms with Crippen LogP contribution >= 0.6 is 0 Å². The van der Waals surface area contributed by atoms with Crippen molar-refractivity contribution in [3.8, 4) is 0 Å². The fraction of sp³-hybridized carbons (Fsp3) is 0.517. The Morgan fingerprint density at radius 2 is 1.78 bits per heavy atom. The number of morpholine rings is 1. The molecule has 3 aromatic rings. The summed E-state index contributed by atoms with van der Waals surface area (Å²) in [4.78, 5) is 22.0. The van der Waals surface area contributed by atoms with Crippen LogP contribution in [0.5, 0.6) is 0 Å². The molecule has 0 spiro atoms. The molecule has 0 bridgehead atoms. The van der Waals surface area contributed by atoms with Gasteiger partial charge in [-0.25, -0.2) is 4.98 Å². The first kappa shape index (κ1) is 24.8. The molecule has 2 aromatic heterocycles. The van der Waals surface area contributed by atoms with Gasteiger partial charge in [-0.1, -0.05) is 0 Å². The number of fused-ring (bicyclic) bond motifs is 1. The van der Waals surface area contributed by atoms with Gasteiger partial charge in [-0.2, -0.15) is 0 Å². The van der Waals surface area contributed by atoms with Gasteiger partial charge in [0.05, 0.1) is 18.7 Å². The van der Waals surface area contributed by atoms with Gasteiger partial charge in [0, 0.05) is 67.3 Å². The standard InChI is InChI=1S/C29H39N5O2/c1-22(2)34-27-20-28(30-21-24(27)5-10-29(34)35)31-25-6-8-26(9-7-25)33-14-11-23(12-15-33)4-3-13-32-16-18-36-19-17-32/h5-10,20-23H,3-4,11-19H2,1-2H3,(H,30,31). The van der Waals surface area contributed by atoms with Crippen LogP contribution < -0.4 is 15.8 Å². The van der Waals surface area contributed by atoms with Crippen LogP contribution in [0, 0.1) is 5.92 Å². The van der Waals surface area contributed by atoms with Crippen molar-refractivity contribution in [2.75, 3.05) is 56.2 Å². The highest BCUT2D eigenvalue weighted by Gasteiger charge is 2.20. The number of nitrogens with zero attached hydrogens (tertiary/aromatic N) is 4. The van der Waals surface area contributed by atoms with Gasteiger partial charge in [0.25, 0.3) is 5.56 Å². The summed E-state index contributed by atoms with van der Waals surface area (Å²) in [7, 11) is 0. The molecule has 2 saturated heterocycles. The lowest BCUT2D eigenvalue weighted by atomic mass is 9.92. The number of hydrogen-bond donors (Lipinski definition) is 1. The van der Waals surface area contributed by atoms with Gasteiger partial charge in [-0.05, 0) is 82.3 Å². The van der Waals surface area contributed by atoms with E-state index in [-0.39, 0.29) is 11.6 Å². The molecule has 2 fully saturated rings. The first-order valence-electron chi connectivity index (χ1n) is 13.5. The molecule has 7 heteroatoms. The van der Waals surface area contributed by atoms with Crippen LogP contribution in [-0.4, -0.2) is 60.4 Å². The zero-order valence-electron chi connectivity index (χ0n) is 21.7. The maximum atomic E-state index is 12.4. The summed E-state index contributed by atoms with van der Waals surface area (Å²) in [5, 5.41) is 4.38. The van der Waals surface area contributed by atoms with E-state index in [2.05, 4.69) is 44.4 Å². The van der Waals surface area contributed by atoms with Crippen molar-refractivity contribution in [1.29, 1.82) is 0 Å². The van der Waals surface area contributed by atoms with Crippen molar-refractivity contribution in [2.24, 2.45) is 5.92 Å². The number of anilines is 3. The average Bonchev–Trinajstić information content (AvgIpc) is 2.90. The van der Waals surface area contributed by atoms with E-state index in [0.717, 1.165) is 67.7 Å². The van der Waals surface area contributed by atoms with E-state index < -0.39 is 0 Å². The minimum absolute atomic E-state index is 0.0138. The van der Waals surface area contributed by atoms with E-state index >= 15 is 0 Å². The Bertz CT molecular complexity index is 1190. The number of rotatable bonds is 8. The normalized spacial score (nSPS) is 17.7. The Morgan fingerprint density at radius 1 is 1.03 bits per heavy atom. The second-order valence-electron chi connectivity index (χ2n) is 10.5. The number of ether oxygens (including phenoxy) is 1. The minimum atomic E-state index is 0.0138. The second-order valence-corrected chi connectivity index (χ2v) is 10.5. The summed E-state index contributed by atoms with van der Waals surface area (Å²) in [6, 6.07) is 14.2. The number of pyridine rings is 2. The molecule has 0 saturated carbocycles. The van der Waals surface area contributed by atoms with Crippen LogP contribution in [0.4, 0.5) is 17.2 Å². The van der Waals surface area contributed by atoms with Crippen molar-refractivity contribution < 1.29 is 4.74 Å². The van der Waals surface area contributed by atoms with E-state index in [9.17, 15) is 4.79 Å². The third-order valence-electron chi connectivity index (χ3n) is 7.64. The van der Waals surface area contributed by atoms with Gasteiger partial charge in [-0.15, -0.1) is 0 Å². The Kier molecular flexibility index (Phi) is 7.87. The number of benzene rings is 1. The molecule has 192 valence electrons. The van der Waals surface area contributed by atoms with Crippen LogP contribution in [0.1, 0.15) is 45.6 Å². The number of aromatic nitrogens is 2. The molecule has 0 unspecified atom stereocenters. The first-order valence-corrected chi connectivity index (χ1v) is 13.5. The van der Waals surface area contributed by atoms with Gasteiger partial charge in [-0.3, -0.25) is 9.69 Å². The van der Waals surface area contributed by atoms with Crippen molar-refractivity contribution in [3.63, 3.8) is 0 Å². The fourth-order valence-electron chi connectivity index (χ4n) is 5.57. The molecule has 2 aliphatic rings. The maximum Gasteiger partial charge on any atom is 0.251 e. The van der Waals surface area contributed by atoms with Crippen molar-refractivity contribution in [3.05, 3.63) is 59.0 Å². The molecular weight excluding hydrogens is 450 g/mol. The summed E-state index contributed by atoms with van der Waals surface area (Å²) in [5.74, 6) is 1.60. The minimum Gasteiger partial charge on any atom is -0.379 e. The molecule has 1 N–H and O–H groups in total. The van der Waals surface area contributed by atoms with E-state index in [4.69, 9.17) is 4.74 Å². The molecular formula is C29H39N5O2. The zero-order chi connectivity index (χ0) is 24.9. The van der Waals surface area contributed by atoms with Crippen molar-refractivity contribution in [1.82, 2.24) is 14.5 Å². The Hall–Kier alpha value is -2.90. The van der Waals surface area contributed by atoms with E-state index in [0.29, 0.717) is 0 Å². The SMILES string of the molecule is CC(C)n1c(=O)ccc2cnc(Nc3ccc(N4CCC(CCCN5CCOCC5)CC4)cc3)cc21. The van der Waals surface area contributed by atoms with E-state index in [1.165, 1.54) is 37.9 Å². The van der Waals surface area contributed by atoms with Gasteiger partial charge >= 0.3 is 0 Å². The van der Waals surface area contributed by atoms with E-state index in [1.807, 2.05) is 36.7 Å². The third-order valence-corrected chi connectivity index (χ3v) is 7.64. The molecule has 0 atom stereocenters. The molecule has 0 aliphatic carbocycles. The molecule has 36 heavy (non-hydrogen) atoms. The summed E-state index contributed by atoms with van der Waals surface area (Å²) >= 11 is 0. The molecule has 4 heterocycles. The topological polar surface area (TPSA) is 62.6 Å². The predicted molar refractivity (Wildman–Crippen MR) is 148 cm³/mol. The summed E-state index contributed by atoms with van der Waals surface area (Å²) < 4.78 is 7.27. The van der Waals surface area contributed by atoms with Crippen molar-refractivity contribution >= 4 is 28.1 Å². The number of piperidine rings is 1. The van der Waals surface area contributed by atoms with Gasteiger partial charge in [0.1, 0.15) is 5.82 Å². The highest BCUT2D eigenvalue weighted by Crippen LogP contribution is 2.28. The molecule has 7 nitrogen and oxygen atoms in total. The lowest BCUT2D eigenvalue weighted by molar-refractivity contribution is 0.0365. The van der Waals surface area contributed by atoms with Gasteiger partial charge < -0.3 is 19.5 Å². The van der Waals surface area contributed by atoms with Crippen molar-refractivity contribution in [2.45, 2.75) is 45.6 Å². The summed E-state index contributed by atoms with van der Waals surface area (Å²) in [6.07, 6.45) is 7.04. The molecule has 5 rings (SSSR count). The molecule has 2 aliphatic heterocycles. The second kappa shape index (κ2) is 11.4. The lowest BCUT2D eigenvalue weighted by Gasteiger charge is -2.34. The van der Waals surface area contributed by atoms with Crippen LogP contribution in [0.2, 0.25) is 0 Å². The molecule has 0 amide bonds. The van der Waals surface area contributed by atoms with Crippen LogP contribution in [-0.2, 0) is 4.74 Å². The highest BCUT2D eigenvalue weighted by atomic mass is 16.5. The van der Waals surface area contributed by atoms with Gasteiger partial charge in [0.15, 0.2) is 0 Å². The maximum absolute atomic E-state index is 12.4. The smallest absolute Gasteiger partial charge is 0.251 e. The summed E-state index contributed by atoms with van der Waals surface area (Å²) in [6.45, 7) is 11.5. The zero-order valence-corrected chi connectivity index (χ0v) is 21.7. The molecule has 0 radical (unpaired) electrons. The average molecular weight is 490 g/mol. The summed E-state index contributed by atoms with van der Waals surface area (Å²) in [5.41, 5.74) is 3.20. The monoisotopic (exact) mass is 489 g/mol. The van der Waals surface area contributed by atoms with Gasteiger partial charge in [0.2, 0.25) is 0 Å². The predicted octanol–water partition coefficient (Wildman–Crippen LogP) is 5.05. The Labute approximate surface area is 214 Å². The lowest BCUT2D eigenvalue weighted by Crippen LogP contribution is -2.37. The van der Waals surface area contributed by atoms with E-state index in [1.54, 1.807) is 6.07 Å². The van der Waals surface area contributed by atoms with Crippen LogP contribution in [0.3, 0.4) is 0 Å². The van der Waals surface area contributed by atoms with Crippen LogP contribution in [0.15, 0.2) is 53.5 Å². The Morgan fingerprint density at radius 3 is 2.50 bits per heavy atom. The third kappa shape index (κ3) is 5.90. The highest BCUT2D eigenvalue weighted by molar-refractivity contribution is 5.81. The number of hydrogen-bond acceptors (Lipinski definition) is 6. The first-order chi connectivity index (χ1) is 17.6. The number of nitrogens with one attached hydrogen (secondary N) is 1. The fourth-order valence-corrected chi connectivity index (χ4v) is 5.57. The largest absolute Gasteiger partial charge is 0.379 e. The van der Waals surface area contributed by atoms with Crippen LogP contribution in [0.25, 0.3) is 10.9 Å².